The first-order valence-electron chi connectivity index (χ1n) is 6.72. The summed E-state index contributed by atoms with van der Waals surface area (Å²) in [4.78, 5) is 10.6. The van der Waals surface area contributed by atoms with Crippen LogP contribution in [-0.4, -0.2) is 51.4 Å². The van der Waals surface area contributed by atoms with Crippen molar-refractivity contribution in [3.05, 3.63) is 11.9 Å². The number of carboxylic acid groups (broad SMARTS) is 1. The van der Waals surface area contributed by atoms with Crippen LogP contribution in [0.5, 0.6) is 0 Å². The second-order valence-corrected chi connectivity index (χ2v) is 5.25. The summed E-state index contributed by atoms with van der Waals surface area (Å²) in [7, 11) is 0. The predicted octanol–water partition coefficient (Wildman–Crippen LogP) is 0.133. The lowest BCUT2D eigenvalue weighted by molar-refractivity contribution is 0.0690. The highest BCUT2D eigenvalue weighted by molar-refractivity contribution is 5.84. The van der Waals surface area contributed by atoms with E-state index in [2.05, 4.69) is 15.6 Å². The summed E-state index contributed by atoms with van der Waals surface area (Å²) in [6, 6.07) is 0. The molecular weight excluding hydrogens is 248 g/mol. The zero-order chi connectivity index (χ0) is 13.2. The molecule has 7 nitrogen and oxygen atoms in total. The van der Waals surface area contributed by atoms with Crippen LogP contribution in [0.2, 0.25) is 0 Å². The van der Waals surface area contributed by atoms with Gasteiger partial charge in [0.05, 0.1) is 24.9 Å². The minimum Gasteiger partial charge on any atom is -0.476 e. The van der Waals surface area contributed by atoms with Crippen molar-refractivity contribution in [2.24, 2.45) is 5.92 Å². The van der Waals surface area contributed by atoms with Gasteiger partial charge in [-0.25, -0.2) is 4.79 Å². The van der Waals surface area contributed by atoms with Crippen LogP contribution in [-0.2, 0) is 11.3 Å². The number of aromatic carboxylic acids is 1. The Balaban J connectivity index is 1.37. The Morgan fingerprint density at radius 1 is 1.58 bits per heavy atom. The number of carboxylic acids is 1. The number of fused-ring (bicyclic) bond motifs is 2. The third-order valence-electron chi connectivity index (χ3n) is 3.91. The maximum atomic E-state index is 10.6. The highest BCUT2D eigenvalue weighted by atomic mass is 16.5. The molecule has 2 N–H and O–H groups in total. The van der Waals surface area contributed by atoms with Crippen LogP contribution in [0.4, 0.5) is 0 Å². The Morgan fingerprint density at radius 3 is 3.11 bits per heavy atom. The largest absolute Gasteiger partial charge is 0.476 e. The molecular formula is C12H18N4O3. The molecule has 3 unspecified atom stereocenters. The lowest BCUT2D eigenvalue weighted by Gasteiger charge is -2.18. The molecule has 104 valence electrons. The zero-order valence-electron chi connectivity index (χ0n) is 10.7. The maximum Gasteiger partial charge on any atom is 0.358 e. The van der Waals surface area contributed by atoms with Crippen molar-refractivity contribution < 1.29 is 14.6 Å². The molecule has 1 aromatic heterocycles. The van der Waals surface area contributed by atoms with Crippen molar-refractivity contribution in [2.75, 3.05) is 13.1 Å². The Hall–Kier alpha value is -1.47. The number of rotatable bonds is 6. The molecule has 3 heterocycles. The van der Waals surface area contributed by atoms with Crippen LogP contribution in [0.15, 0.2) is 6.20 Å². The van der Waals surface area contributed by atoms with Crippen LogP contribution in [0.25, 0.3) is 0 Å². The average molecular weight is 266 g/mol. The van der Waals surface area contributed by atoms with Gasteiger partial charge in [-0.15, -0.1) is 5.10 Å². The normalized spacial score (nSPS) is 28.9. The lowest BCUT2D eigenvalue weighted by atomic mass is 9.89. The first kappa shape index (κ1) is 12.6. The van der Waals surface area contributed by atoms with E-state index in [0.717, 1.165) is 13.1 Å². The first-order chi connectivity index (χ1) is 9.22. The van der Waals surface area contributed by atoms with Gasteiger partial charge in [0.25, 0.3) is 0 Å². The van der Waals surface area contributed by atoms with Gasteiger partial charge >= 0.3 is 5.97 Å². The van der Waals surface area contributed by atoms with Crippen LogP contribution >= 0.6 is 0 Å². The van der Waals surface area contributed by atoms with E-state index in [1.165, 1.54) is 25.5 Å². The molecule has 0 aliphatic carbocycles. The van der Waals surface area contributed by atoms with Gasteiger partial charge in [0.1, 0.15) is 0 Å². The van der Waals surface area contributed by atoms with Crippen molar-refractivity contribution in [3.8, 4) is 0 Å². The number of nitrogens with zero attached hydrogens (tertiary/aromatic N) is 3. The van der Waals surface area contributed by atoms with Gasteiger partial charge in [0, 0.05) is 19.0 Å². The summed E-state index contributed by atoms with van der Waals surface area (Å²) < 4.78 is 7.35. The molecule has 2 bridgehead atoms. The quantitative estimate of drug-likeness (QED) is 0.712. The third-order valence-corrected chi connectivity index (χ3v) is 3.91. The van der Waals surface area contributed by atoms with E-state index in [4.69, 9.17) is 9.84 Å². The van der Waals surface area contributed by atoms with Crippen molar-refractivity contribution >= 4 is 5.97 Å². The minimum absolute atomic E-state index is 0.0125. The zero-order valence-corrected chi connectivity index (χ0v) is 10.7. The van der Waals surface area contributed by atoms with Crippen LogP contribution in [0.1, 0.15) is 29.8 Å². The third kappa shape index (κ3) is 2.76. The van der Waals surface area contributed by atoms with Crippen LogP contribution in [0, 0.1) is 5.92 Å². The smallest absolute Gasteiger partial charge is 0.358 e. The molecule has 2 aliphatic heterocycles. The van der Waals surface area contributed by atoms with Gasteiger partial charge in [0.2, 0.25) is 0 Å². The van der Waals surface area contributed by atoms with Crippen LogP contribution < -0.4 is 5.32 Å². The van der Waals surface area contributed by atoms with E-state index in [0.29, 0.717) is 24.7 Å². The fourth-order valence-electron chi connectivity index (χ4n) is 2.94. The Labute approximate surface area is 110 Å². The van der Waals surface area contributed by atoms with Gasteiger partial charge in [-0.3, -0.25) is 4.68 Å². The van der Waals surface area contributed by atoms with Crippen molar-refractivity contribution in [1.29, 1.82) is 0 Å². The number of hydrogen-bond acceptors (Lipinski definition) is 5. The average Bonchev–Trinajstić information content (AvgIpc) is 3.10. The molecule has 2 aliphatic rings. The Kier molecular flexibility index (Phi) is 3.48. The monoisotopic (exact) mass is 266 g/mol. The van der Waals surface area contributed by atoms with Gasteiger partial charge in [0.15, 0.2) is 5.69 Å². The van der Waals surface area contributed by atoms with Gasteiger partial charge in [-0.05, 0) is 19.3 Å². The van der Waals surface area contributed by atoms with E-state index in [1.54, 1.807) is 4.68 Å². The van der Waals surface area contributed by atoms with Crippen molar-refractivity contribution in [3.63, 3.8) is 0 Å². The SMILES string of the molecule is O=C(O)c1cn(CCNCC2CC3CCC2O3)nn1. The number of nitrogens with one attached hydrogen (secondary N) is 1. The molecule has 0 spiro atoms. The van der Waals surface area contributed by atoms with Crippen molar-refractivity contribution in [2.45, 2.75) is 38.0 Å². The highest BCUT2D eigenvalue weighted by Gasteiger charge is 2.40. The summed E-state index contributed by atoms with van der Waals surface area (Å²) in [5.74, 6) is -0.414. The van der Waals surface area contributed by atoms with Gasteiger partial charge < -0.3 is 15.2 Å². The fraction of sp³-hybridized carbons (Fsp3) is 0.750. The van der Waals surface area contributed by atoms with Gasteiger partial charge in [-0.2, -0.15) is 0 Å². The molecule has 0 saturated carbocycles. The Morgan fingerprint density at radius 2 is 2.47 bits per heavy atom. The van der Waals surface area contributed by atoms with E-state index < -0.39 is 5.97 Å². The Bertz CT molecular complexity index is 462. The number of ether oxygens (including phenoxy) is 1. The van der Waals surface area contributed by atoms with Gasteiger partial charge in [-0.1, -0.05) is 5.21 Å². The second-order valence-electron chi connectivity index (χ2n) is 5.25. The summed E-state index contributed by atoms with van der Waals surface area (Å²) in [6.07, 6.45) is 5.97. The number of carbonyl (C=O) groups is 1. The molecule has 0 aromatic carbocycles. The first-order valence-corrected chi connectivity index (χ1v) is 6.72. The maximum absolute atomic E-state index is 10.6. The molecule has 2 saturated heterocycles. The minimum atomic E-state index is -1.04. The fourth-order valence-corrected chi connectivity index (χ4v) is 2.94. The molecule has 7 heteroatoms. The van der Waals surface area contributed by atoms with Crippen molar-refractivity contribution in [1.82, 2.24) is 20.3 Å². The molecule has 0 amide bonds. The van der Waals surface area contributed by atoms with E-state index in [1.807, 2.05) is 0 Å². The standard InChI is InChI=1S/C12H18N4O3/c17-12(18)10-7-16(15-14-10)4-3-13-6-8-5-9-1-2-11(8)19-9/h7-9,11,13H,1-6H2,(H,17,18). The molecule has 19 heavy (non-hydrogen) atoms. The highest BCUT2D eigenvalue weighted by Crippen LogP contribution is 2.38. The number of aromatic nitrogens is 3. The van der Waals surface area contributed by atoms with E-state index >= 15 is 0 Å². The van der Waals surface area contributed by atoms with Crippen LogP contribution in [0.3, 0.4) is 0 Å². The molecule has 3 rings (SSSR count). The van der Waals surface area contributed by atoms with E-state index in [9.17, 15) is 4.79 Å². The van der Waals surface area contributed by atoms with E-state index in [-0.39, 0.29) is 5.69 Å². The summed E-state index contributed by atoms with van der Waals surface area (Å²) in [5.41, 5.74) is -0.0125. The molecule has 1 aromatic rings. The molecule has 0 radical (unpaired) electrons. The summed E-state index contributed by atoms with van der Waals surface area (Å²) in [5, 5.41) is 19.4. The second kappa shape index (κ2) is 5.26. The predicted molar refractivity (Wildman–Crippen MR) is 65.9 cm³/mol. The molecule has 2 fully saturated rings. The summed E-state index contributed by atoms with van der Waals surface area (Å²) >= 11 is 0. The number of hydrogen-bond donors (Lipinski definition) is 2. The lowest BCUT2D eigenvalue weighted by Crippen LogP contribution is -2.31. The molecule has 3 atom stereocenters. The topological polar surface area (TPSA) is 89.3 Å². The summed E-state index contributed by atoms with van der Waals surface area (Å²) in [6.45, 7) is 2.35.